The molecule has 5 nitrogen and oxygen atoms in total. The van der Waals surface area contributed by atoms with Gasteiger partial charge in [0.05, 0.1) is 6.26 Å². The van der Waals surface area contributed by atoms with E-state index < -0.39 is 17.7 Å². The van der Waals surface area contributed by atoms with Crippen molar-refractivity contribution in [3.8, 4) is 0 Å². The Morgan fingerprint density at radius 3 is 2.81 bits per heavy atom. The number of carboxylic acids is 1. The zero-order chi connectivity index (χ0) is 15.2. The molecular formula is C15H12FNO4. The first-order valence-electron chi connectivity index (χ1n) is 6.07. The molecule has 2 rings (SSSR count). The van der Waals surface area contributed by atoms with Gasteiger partial charge in [-0.05, 0) is 35.9 Å². The van der Waals surface area contributed by atoms with Crippen LogP contribution in [0.4, 0.5) is 4.39 Å². The number of hydrogen-bond donors (Lipinski definition) is 2. The lowest BCUT2D eigenvalue weighted by atomic mass is 10.1. The van der Waals surface area contributed by atoms with Crippen molar-refractivity contribution in [3.63, 3.8) is 0 Å². The summed E-state index contributed by atoms with van der Waals surface area (Å²) < 4.78 is 18.6. The largest absolute Gasteiger partial charge is 0.478 e. The number of carbonyl (C=O) groups is 2. The van der Waals surface area contributed by atoms with E-state index in [2.05, 4.69) is 5.32 Å². The number of aliphatic carboxylic acids is 1. The maximum Gasteiger partial charge on any atom is 0.328 e. The number of nitrogens with one attached hydrogen (secondary N) is 1. The number of amides is 1. The highest BCUT2D eigenvalue weighted by molar-refractivity contribution is 5.91. The van der Waals surface area contributed by atoms with Gasteiger partial charge in [-0.2, -0.15) is 0 Å². The topological polar surface area (TPSA) is 79.5 Å². The average molecular weight is 289 g/mol. The van der Waals surface area contributed by atoms with Gasteiger partial charge in [0.25, 0.3) is 5.91 Å². The molecule has 1 amide bonds. The van der Waals surface area contributed by atoms with Crippen LogP contribution >= 0.6 is 0 Å². The molecule has 1 aromatic carbocycles. The van der Waals surface area contributed by atoms with Crippen LogP contribution in [0.1, 0.15) is 21.7 Å². The maximum atomic E-state index is 13.6. The van der Waals surface area contributed by atoms with Crippen molar-refractivity contribution in [2.24, 2.45) is 0 Å². The van der Waals surface area contributed by atoms with Crippen molar-refractivity contribution >= 4 is 18.0 Å². The van der Waals surface area contributed by atoms with E-state index in [4.69, 9.17) is 9.52 Å². The van der Waals surface area contributed by atoms with Gasteiger partial charge in [-0.1, -0.05) is 6.07 Å². The molecule has 0 radical (unpaired) electrons. The summed E-state index contributed by atoms with van der Waals surface area (Å²) in [4.78, 5) is 22.1. The molecule has 108 valence electrons. The van der Waals surface area contributed by atoms with Crippen LogP contribution in [0.15, 0.2) is 47.1 Å². The summed E-state index contributed by atoms with van der Waals surface area (Å²) in [5.74, 6) is -1.89. The van der Waals surface area contributed by atoms with Crippen LogP contribution < -0.4 is 5.32 Å². The van der Waals surface area contributed by atoms with Gasteiger partial charge in [0.2, 0.25) is 0 Å². The quantitative estimate of drug-likeness (QED) is 0.829. The summed E-state index contributed by atoms with van der Waals surface area (Å²) >= 11 is 0. The zero-order valence-corrected chi connectivity index (χ0v) is 10.9. The lowest BCUT2D eigenvalue weighted by Gasteiger charge is -2.06. The molecule has 0 unspecified atom stereocenters. The second-order valence-corrected chi connectivity index (χ2v) is 4.18. The van der Waals surface area contributed by atoms with Crippen LogP contribution in [0.5, 0.6) is 0 Å². The highest BCUT2D eigenvalue weighted by atomic mass is 19.1. The Kier molecular flexibility index (Phi) is 4.50. The Balaban J connectivity index is 2.07. The summed E-state index contributed by atoms with van der Waals surface area (Å²) in [6.45, 7) is -0.0277. The summed E-state index contributed by atoms with van der Waals surface area (Å²) in [6.07, 6.45) is 3.67. The third-order valence-electron chi connectivity index (χ3n) is 2.67. The summed E-state index contributed by atoms with van der Waals surface area (Å²) in [7, 11) is 0. The highest BCUT2D eigenvalue weighted by Gasteiger charge is 2.09. The Morgan fingerprint density at radius 2 is 2.14 bits per heavy atom. The molecule has 0 fully saturated rings. The number of rotatable bonds is 5. The van der Waals surface area contributed by atoms with Crippen molar-refractivity contribution in [1.82, 2.24) is 5.32 Å². The first-order valence-corrected chi connectivity index (χ1v) is 6.07. The molecule has 6 heteroatoms. The fourth-order valence-electron chi connectivity index (χ4n) is 1.67. The Morgan fingerprint density at radius 1 is 1.33 bits per heavy atom. The summed E-state index contributed by atoms with van der Waals surface area (Å²) in [5, 5.41) is 11.1. The molecular weight excluding hydrogens is 277 g/mol. The molecule has 0 bridgehead atoms. The Bertz CT molecular complexity index is 677. The zero-order valence-electron chi connectivity index (χ0n) is 10.9. The molecule has 0 atom stereocenters. The SMILES string of the molecule is O=C(O)C=Cc1ccc(F)c(CNC(=O)c2ccco2)c1. The van der Waals surface area contributed by atoms with E-state index in [0.717, 1.165) is 6.08 Å². The lowest BCUT2D eigenvalue weighted by Crippen LogP contribution is -2.22. The van der Waals surface area contributed by atoms with Crippen LogP contribution in [0.2, 0.25) is 0 Å². The molecule has 2 N–H and O–H groups in total. The predicted octanol–water partition coefficient (Wildman–Crippen LogP) is 2.45. The third kappa shape index (κ3) is 4.04. The third-order valence-corrected chi connectivity index (χ3v) is 2.67. The van der Waals surface area contributed by atoms with E-state index in [1.54, 1.807) is 6.07 Å². The Labute approximate surface area is 119 Å². The normalized spacial score (nSPS) is 10.7. The first-order chi connectivity index (χ1) is 10.1. The van der Waals surface area contributed by atoms with Crippen LogP contribution in [-0.2, 0) is 11.3 Å². The van der Waals surface area contributed by atoms with Crippen molar-refractivity contribution in [2.75, 3.05) is 0 Å². The van der Waals surface area contributed by atoms with Gasteiger partial charge in [-0.25, -0.2) is 9.18 Å². The van der Waals surface area contributed by atoms with E-state index in [-0.39, 0.29) is 17.9 Å². The fourth-order valence-corrected chi connectivity index (χ4v) is 1.67. The number of carbonyl (C=O) groups excluding carboxylic acids is 1. The van der Waals surface area contributed by atoms with Crippen LogP contribution in [0.25, 0.3) is 6.08 Å². The predicted molar refractivity (Wildman–Crippen MR) is 72.9 cm³/mol. The Hall–Kier alpha value is -2.89. The summed E-state index contributed by atoms with van der Waals surface area (Å²) in [6, 6.07) is 7.21. The molecule has 2 aromatic rings. The highest BCUT2D eigenvalue weighted by Crippen LogP contribution is 2.12. The number of carboxylic acid groups (broad SMARTS) is 1. The van der Waals surface area contributed by atoms with E-state index >= 15 is 0 Å². The average Bonchev–Trinajstić information content (AvgIpc) is 2.98. The summed E-state index contributed by atoms with van der Waals surface area (Å²) in [5.41, 5.74) is 0.781. The van der Waals surface area contributed by atoms with E-state index in [1.807, 2.05) is 0 Å². The molecule has 0 saturated carbocycles. The lowest BCUT2D eigenvalue weighted by molar-refractivity contribution is -0.131. The minimum atomic E-state index is -1.09. The number of furan rings is 1. The molecule has 0 aliphatic carbocycles. The minimum Gasteiger partial charge on any atom is -0.478 e. The van der Waals surface area contributed by atoms with Crippen LogP contribution in [-0.4, -0.2) is 17.0 Å². The number of halogens is 1. The van der Waals surface area contributed by atoms with Crippen molar-refractivity contribution in [3.05, 3.63) is 65.4 Å². The smallest absolute Gasteiger partial charge is 0.328 e. The van der Waals surface area contributed by atoms with E-state index in [0.29, 0.717) is 5.56 Å². The van der Waals surface area contributed by atoms with E-state index in [9.17, 15) is 14.0 Å². The van der Waals surface area contributed by atoms with Gasteiger partial charge in [0.15, 0.2) is 5.76 Å². The second-order valence-electron chi connectivity index (χ2n) is 4.18. The maximum absolute atomic E-state index is 13.6. The second kappa shape index (κ2) is 6.51. The molecule has 0 aliphatic rings. The molecule has 0 spiro atoms. The van der Waals surface area contributed by atoms with Gasteiger partial charge in [-0.3, -0.25) is 4.79 Å². The number of hydrogen-bond acceptors (Lipinski definition) is 3. The van der Waals surface area contributed by atoms with Gasteiger partial charge in [0, 0.05) is 18.2 Å². The van der Waals surface area contributed by atoms with Gasteiger partial charge < -0.3 is 14.8 Å². The molecule has 1 aromatic heterocycles. The molecule has 0 aliphatic heterocycles. The molecule has 1 heterocycles. The monoisotopic (exact) mass is 289 g/mol. The molecule has 0 saturated heterocycles. The number of benzene rings is 1. The van der Waals surface area contributed by atoms with E-state index in [1.165, 1.54) is 36.6 Å². The van der Waals surface area contributed by atoms with Gasteiger partial charge >= 0.3 is 5.97 Å². The van der Waals surface area contributed by atoms with Crippen LogP contribution in [0.3, 0.4) is 0 Å². The standard InChI is InChI=1S/C15H12FNO4/c16-12-5-3-10(4-6-14(18)19)8-11(12)9-17-15(20)13-2-1-7-21-13/h1-8H,9H2,(H,17,20)(H,18,19). The van der Waals surface area contributed by atoms with Crippen molar-refractivity contribution in [2.45, 2.75) is 6.54 Å². The molecule has 21 heavy (non-hydrogen) atoms. The van der Waals surface area contributed by atoms with Crippen molar-refractivity contribution in [1.29, 1.82) is 0 Å². The van der Waals surface area contributed by atoms with Crippen molar-refractivity contribution < 1.29 is 23.5 Å². The minimum absolute atomic E-state index is 0.0277. The van der Waals surface area contributed by atoms with Gasteiger partial charge in [-0.15, -0.1) is 0 Å². The fraction of sp³-hybridized carbons (Fsp3) is 0.0667. The van der Waals surface area contributed by atoms with Gasteiger partial charge in [0.1, 0.15) is 5.82 Å². The first kappa shape index (κ1) is 14.5. The van der Waals surface area contributed by atoms with Crippen LogP contribution in [0, 0.1) is 5.82 Å².